The number of carbonyl (C=O) groups excluding carboxylic acids is 1. The van der Waals surface area contributed by atoms with Gasteiger partial charge in [0.1, 0.15) is 11.9 Å². The molecule has 1 amide bonds. The molecule has 8 heteroatoms. The summed E-state index contributed by atoms with van der Waals surface area (Å²) in [7, 11) is 1.79. The zero-order valence-corrected chi connectivity index (χ0v) is 12.6. The Morgan fingerprint density at radius 3 is 3.17 bits per heavy atom. The molecule has 122 valence electrons. The molecule has 1 saturated heterocycles. The maximum absolute atomic E-state index is 13.5. The normalized spacial score (nSPS) is 20.4. The summed E-state index contributed by atoms with van der Waals surface area (Å²) in [6.07, 6.45) is 4.36. The van der Waals surface area contributed by atoms with Crippen LogP contribution in [0.1, 0.15) is 5.69 Å². The Balaban J connectivity index is 1.57. The van der Waals surface area contributed by atoms with Crippen molar-refractivity contribution in [1.82, 2.24) is 20.1 Å². The van der Waals surface area contributed by atoms with Crippen LogP contribution in [0.25, 0.3) is 0 Å². The van der Waals surface area contributed by atoms with E-state index in [9.17, 15) is 9.18 Å². The van der Waals surface area contributed by atoms with Gasteiger partial charge < -0.3 is 14.8 Å². The lowest BCUT2D eigenvalue weighted by Crippen LogP contribution is -2.45. The summed E-state index contributed by atoms with van der Waals surface area (Å²) < 4.78 is 26.3. The number of halogens is 1. The van der Waals surface area contributed by atoms with Gasteiger partial charge in [-0.2, -0.15) is 5.10 Å². The highest BCUT2D eigenvalue weighted by molar-refractivity contribution is 5.78. The minimum atomic E-state index is -0.492. The van der Waals surface area contributed by atoms with Gasteiger partial charge in [0.2, 0.25) is 5.91 Å². The molecule has 0 aliphatic carbocycles. The van der Waals surface area contributed by atoms with E-state index in [-0.39, 0.29) is 30.2 Å². The molecule has 0 bridgehead atoms. The minimum Gasteiger partial charge on any atom is -0.482 e. The van der Waals surface area contributed by atoms with E-state index < -0.39 is 5.82 Å². The third-order valence-corrected chi connectivity index (χ3v) is 3.51. The van der Waals surface area contributed by atoms with Gasteiger partial charge in [0.15, 0.2) is 5.75 Å². The van der Waals surface area contributed by atoms with E-state index in [2.05, 4.69) is 15.4 Å². The average molecular weight is 320 g/mol. The molecule has 1 aliphatic heterocycles. The molecule has 2 aromatic rings. The van der Waals surface area contributed by atoms with E-state index in [1.54, 1.807) is 24.1 Å². The number of hydrogen-bond donors (Lipinski definition) is 1. The third-order valence-electron chi connectivity index (χ3n) is 3.51. The largest absolute Gasteiger partial charge is 0.482 e. The number of amides is 1. The van der Waals surface area contributed by atoms with Gasteiger partial charge in [0.05, 0.1) is 43.8 Å². The van der Waals surface area contributed by atoms with Crippen molar-refractivity contribution in [2.24, 2.45) is 7.05 Å². The Hall–Kier alpha value is -2.48. The Bertz CT molecular complexity index is 691. The predicted molar refractivity (Wildman–Crippen MR) is 78.3 cm³/mol. The lowest BCUT2D eigenvalue weighted by molar-refractivity contribution is -0.121. The molecule has 0 saturated carbocycles. The van der Waals surface area contributed by atoms with Gasteiger partial charge in [0.25, 0.3) is 0 Å². The van der Waals surface area contributed by atoms with Gasteiger partial charge in [0, 0.05) is 13.2 Å². The lowest BCUT2D eigenvalue weighted by atomic mass is 10.2. The van der Waals surface area contributed by atoms with Crippen LogP contribution in [0.3, 0.4) is 0 Å². The van der Waals surface area contributed by atoms with E-state index in [1.165, 1.54) is 18.3 Å². The highest BCUT2D eigenvalue weighted by Gasteiger charge is 2.31. The molecule has 0 aromatic carbocycles. The fourth-order valence-electron chi connectivity index (χ4n) is 2.38. The molecule has 0 spiro atoms. The number of carbonyl (C=O) groups is 1. The predicted octanol–water partition coefficient (Wildman–Crippen LogP) is 0.459. The summed E-state index contributed by atoms with van der Waals surface area (Å²) in [6, 6.07) is 2.47. The van der Waals surface area contributed by atoms with Crippen LogP contribution in [0.2, 0.25) is 0 Å². The SMILES string of the molecule is Cn1cc(O[C@@H]2COC[C@@H]2NC(=O)Cc2ncccc2F)cn1. The van der Waals surface area contributed by atoms with Gasteiger partial charge in [-0.1, -0.05) is 0 Å². The smallest absolute Gasteiger partial charge is 0.226 e. The minimum absolute atomic E-state index is 0.119. The van der Waals surface area contributed by atoms with Crippen LogP contribution in [0.4, 0.5) is 4.39 Å². The zero-order chi connectivity index (χ0) is 16.2. The number of aryl methyl sites for hydroxylation is 1. The molecular weight excluding hydrogens is 303 g/mol. The zero-order valence-electron chi connectivity index (χ0n) is 12.6. The number of nitrogens with one attached hydrogen (secondary N) is 1. The molecule has 7 nitrogen and oxygen atoms in total. The van der Waals surface area contributed by atoms with Crippen molar-refractivity contribution in [1.29, 1.82) is 0 Å². The summed E-state index contributed by atoms with van der Waals surface area (Å²) in [5, 5.41) is 6.83. The molecule has 1 N–H and O–H groups in total. The van der Waals surface area contributed by atoms with Gasteiger partial charge >= 0.3 is 0 Å². The van der Waals surface area contributed by atoms with E-state index in [1.807, 2.05) is 0 Å². The fraction of sp³-hybridized carbons (Fsp3) is 0.400. The maximum atomic E-state index is 13.5. The van der Waals surface area contributed by atoms with Crippen molar-refractivity contribution in [2.75, 3.05) is 13.2 Å². The maximum Gasteiger partial charge on any atom is 0.226 e. The van der Waals surface area contributed by atoms with Crippen LogP contribution in [-0.4, -0.2) is 46.0 Å². The summed E-state index contributed by atoms with van der Waals surface area (Å²) in [6.45, 7) is 0.721. The van der Waals surface area contributed by atoms with Crippen molar-refractivity contribution in [2.45, 2.75) is 18.6 Å². The fourth-order valence-corrected chi connectivity index (χ4v) is 2.38. The quantitative estimate of drug-likeness (QED) is 0.866. The lowest BCUT2D eigenvalue weighted by Gasteiger charge is -2.19. The van der Waals surface area contributed by atoms with Gasteiger partial charge in [-0.3, -0.25) is 14.5 Å². The van der Waals surface area contributed by atoms with E-state index >= 15 is 0 Å². The summed E-state index contributed by atoms with van der Waals surface area (Å²) in [4.78, 5) is 16.0. The van der Waals surface area contributed by atoms with Gasteiger partial charge in [-0.25, -0.2) is 4.39 Å². The molecule has 1 aliphatic rings. The van der Waals surface area contributed by atoms with E-state index in [0.717, 1.165) is 0 Å². The Labute approximate surface area is 132 Å². The number of ether oxygens (including phenoxy) is 2. The van der Waals surface area contributed by atoms with Gasteiger partial charge in [-0.05, 0) is 12.1 Å². The van der Waals surface area contributed by atoms with E-state index in [0.29, 0.717) is 19.0 Å². The first-order valence-corrected chi connectivity index (χ1v) is 7.23. The van der Waals surface area contributed by atoms with Crippen molar-refractivity contribution in [3.63, 3.8) is 0 Å². The molecule has 0 unspecified atom stereocenters. The van der Waals surface area contributed by atoms with Crippen molar-refractivity contribution >= 4 is 5.91 Å². The number of pyridine rings is 1. The molecule has 2 aromatic heterocycles. The van der Waals surface area contributed by atoms with Crippen molar-refractivity contribution in [3.05, 3.63) is 42.2 Å². The first kappa shape index (κ1) is 15.4. The molecule has 3 rings (SSSR count). The Morgan fingerprint density at radius 1 is 1.57 bits per heavy atom. The second-order valence-corrected chi connectivity index (χ2v) is 5.33. The second-order valence-electron chi connectivity index (χ2n) is 5.33. The van der Waals surface area contributed by atoms with E-state index in [4.69, 9.17) is 9.47 Å². The van der Waals surface area contributed by atoms with Crippen LogP contribution in [0, 0.1) is 5.82 Å². The third kappa shape index (κ3) is 3.84. The summed E-state index contributed by atoms with van der Waals surface area (Å²) in [5.41, 5.74) is 0.119. The highest BCUT2D eigenvalue weighted by atomic mass is 19.1. The second kappa shape index (κ2) is 6.74. The number of nitrogens with zero attached hydrogens (tertiary/aromatic N) is 3. The Morgan fingerprint density at radius 2 is 2.43 bits per heavy atom. The summed E-state index contributed by atoms with van der Waals surface area (Å²) in [5.74, 6) is -0.204. The van der Waals surface area contributed by atoms with Crippen LogP contribution >= 0.6 is 0 Å². The first-order chi connectivity index (χ1) is 11.1. The monoisotopic (exact) mass is 320 g/mol. The molecule has 2 atom stereocenters. The average Bonchev–Trinajstić information content (AvgIpc) is 3.11. The molecule has 3 heterocycles. The summed E-state index contributed by atoms with van der Waals surface area (Å²) >= 11 is 0. The number of rotatable bonds is 5. The van der Waals surface area contributed by atoms with Crippen LogP contribution in [0.5, 0.6) is 5.75 Å². The van der Waals surface area contributed by atoms with Crippen molar-refractivity contribution < 1.29 is 18.7 Å². The van der Waals surface area contributed by atoms with Crippen LogP contribution in [0.15, 0.2) is 30.7 Å². The number of aromatic nitrogens is 3. The van der Waals surface area contributed by atoms with Gasteiger partial charge in [-0.15, -0.1) is 0 Å². The molecule has 1 fully saturated rings. The standard InChI is InChI=1S/C15H17FN4O3/c1-20-7-10(6-18-20)23-14-9-22-8-13(14)19-15(21)5-12-11(16)3-2-4-17-12/h2-4,6-7,13-14H,5,8-9H2,1H3,(H,19,21)/t13-,14+/m0/s1. The topological polar surface area (TPSA) is 78.3 Å². The Kier molecular flexibility index (Phi) is 4.52. The molecular formula is C15H17FN4O3. The number of hydrogen-bond acceptors (Lipinski definition) is 5. The van der Waals surface area contributed by atoms with Crippen LogP contribution in [-0.2, 0) is 23.0 Å². The van der Waals surface area contributed by atoms with Crippen LogP contribution < -0.4 is 10.1 Å². The van der Waals surface area contributed by atoms with Crippen molar-refractivity contribution in [3.8, 4) is 5.75 Å². The highest BCUT2D eigenvalue weighted by Crippen LogP contribution is 2.16. The first-order valence-electron chi connectivity index (χ1n) is 7.23. The molecule has 0 radical (unpaired) electrons. The molecule has 23 heavy (non-hydrogen) atoms.